The van der Waals surface area contributed by atoms with E-state index in [0.717, 1.165) is 31.6 Å². The number of thiazole rings is 1. The van der Waals surface area contributed by atoms with E-state index in [2.05, 4.69) is 10.3 Å². The van der Waals surface area contributed by atoms with Crippen LogP contribution in [0.5, 0.6) is 5.75 Å². The summed E-state index contributed by atoms with van der Waals surface area (Å²) in [6.45, 7) is 9.24. The normalized spacial score (nSPS) is 12.9. The lowest BCUT2D eigenvalue weighted by molar-refractivity contribution is -0.123. The second kappa shape index (κ2) is 9.55. The Kier molecular flexibility index (Phi) is 6.72. The van der Waals surface area contributed by atoms with Gasteiger partial charge in [0.15, 0.2) is 6.61 Å². The maximum absolute atomic E-state index is 13.0. The van der Waals surface area contributed by atoms with E-state index in [1.807, 2.05) is 39.8 Å². The molecule has 3 aromatic rings. The van der Waals surface area contributed by atoms with E-state index in [-0.39, 0.29) is 25.7 Å². The highest BCUT2D eigenvalue weighted by Crippen LogP contribution is 2.38. The molecule has 0 atom stereocenters. The number of anilines is 2. The van der Waals surface area contributed by atoms with Crippen molar-refractivity contribution in [3.8, 4) is 17.0 Å². The molecule has 34 heavy (non-hydrogen) atoms. The van der Waals surface area contributed by atoms with Crippen LogP contribution in [-0.2, 0) is 14.3 Å². The first-order chi connectivity index (χ1) is 16.2. The molecule has 178 valence electrons. The molecule has 2 amide bonds. The third kappa shape index (κ3) is 4.55. The zero-order chi connectivity index (χ0) is 24.6. The maximum Gasteiger partial charge on any atom is 0.341 e. The van der Waals surface area contributed by atoms with Crippen molar-refractivity contribution in [2.75, 3.05) is 30.0 Å². The van der Waals surface area contributed by atoms with Crippen LogP contribution in [0.1, 0.15) is 37.6 Å². The van der Waals surface area contributed by atoms with E-state index in [0.29, 0.717) is 22.0 Å². The number of aromatic nitrogens is 1. The summed E-state index contributed by atoms with van der Waals surface area (Å²) in [7, 11) is 0. The lowest BCUT2D eigenvalue weighted by atomic mass is 10.1. The van der Waals surface area contributed by atoms with Gasteiger partial charge >= 0.3 is 5.97 Å². The molecule has 0 aliphatic carbocycles. The number of carbonyl (C=O) groups is 3. The predicted molar refractivity (Wildman–Crippen MR) is 133 cm³/mol. The first kappa shape index (κ1) is 23.9. The fraction of sp³-hybridized carbons (Fsp3) is 0.333. The summed E-state index contributed by atoms with van der Waals surface area (Å²) in [5.41, 5.74) is 3.32. The monoisotopic (exact) mass is 499 g/mol. The molecule has 0 unspecified atom stereocenters. The van der Waals surface area contributed by atoms with Crippen molar-refractivity contribution in [3.63, 3.8) is 0 Å². The van der Waals surface area contributed by atoms with Gasteiger partial charge in [-0.05, 0) is 58.4 Å². The van der Waals surface area contributed by atoms with Crippen LogP contribution < -0.4 is 15.0 Å². The van der Waals surface area contributed by atoms with Crippen LogP contribution in [0.4, 0.5) is 10.7 Å². The quantitative estimate of drug-likeness (QED) is 0.496. The second-order valence-corrected chi connectivity index (χ2v) is 10.5. The Morgan fingerprint density at radius 1 is 1.18 bits per heavy atom. The number of nitrogens with one attached hydrogen (secondary N) is 1. The number of hydrogen-bond donors (Lipinski definition) is 1. The third-order valence-electron chi connectivity index (χ3n) is 5.50. The Bertz CT molecular complexity index is 1290. The van der Waals surface area contributed by atoms with Gasteiger partial charge < -0.3 is 14.8 Å². The van der Waals surface area contributed by atoms with Gasteiger partial charge in [-0.1, -0.05) is 0 Å². The molecule has 1 aromatic carbocycles. The highest BCUT2D eigenvalue weighted by Gasteiger charge is 2.29. The van der Waals surface area contributed by atoms with Crippen molar-refractivity contribution < 1.29 is 23.9 Å². The molecule has 0 bridgehead atoms. The molecule has 4 rings (SSSR count). The zero-order valence-electron chi connectivity index (χ0n) is 19.6. The largest absolute Gasteiger partial charge is 0.482 e. The van der Waals surface area contributed by atoms with Crippen LogP contribution in [0, 0.1) is 27.7 Å². The van der Waals surface area contributed by atoms with Gasteiger partial charge in [-0.3, -0.25) is 14.5 Å². The molecule has 0 radical (unpaired) electrons. The number of benzene rings is 1. The van der Waals surface area contributed by atoms with Crippen molar-refractivity contribution in [1.82, 2.24) is 4.98 Å². The summed E-state index contributed by atoms with van der Waals surface area (Å²) >= 11 is 2.91. The molecule has 2 aromatic heterocycles. The average molecular weight is 500 g/mol. The van der Waals surface area contributed by atoms with Crippen molar-refractivity contribution in [3.05, 3.63) is 44.1 Å². The molecule has 10 heteroatoms. The fourth-order valence-corrected chi connectivity index (χ4v) is 5.70. The highest BCUT2D eigenvalue weighted by molar-refractivity contribution is 7.16. The molecule has 0 spiro atoms. The van der Waals surface area contributed by atoms with E-state index < -0.39 is 11.9 Å². The molecule has 1 aliphatic rings. The van der Waals surface area contributed by atoms with Crippen LogP contribution in [0.2, 0.25) is 0 Å². The zero-order valence-corrected chi connectivity index (χ0v) is 21.2. The Balaban J connectivity index is 1.61. The third-order valence-corrected chi connectivity index (χ3v) is 7.51. The van der Waals surface area contributed by atoms with E-state index in [1.165, 1.54) is 16.2 Å². The molecule has 1 N–H and O–H groups in total. The number of amides is 2. The molecule has 0 fully saturated rings. The topological polar surface area (TPSA) is 97.8 Å². The molecular formula is C24H25N3O5S2. The Morgan fingerprint density at radius 3 is 2.62 bits per heavy atom. The Morgan fingerprint density at radius 2 is 1.94 bits per heavy atom. The summed E-state index contributed by atoms with van der Waals surface area (Å²) in [6, 6.07) is 5.52. The van der Waals surface area contributed by atoms with Gasteiger partial charge in [0.25, 0.3) is 5.91 Å². The minimum atomic E-state index is -0.481. The van der Waals surface area contributed by atoms with Crippen LogP contribution in [-0.4, -0.2) is 42.5 Å². The van der Waals surface area contributed by atoms with Gasteiger partial charge in [0.05, 0.1) is 28.6 Å². The number of ether oxygens (including phenoxy) is 2. The van der Waals surface area contributed by atoms with Crippen LogP contribution >= 0.6 is 22.7 Å². The number of thiophene rings is 1. The SMILES string of the molecule is CCOC(=O)c1c(NC(=O)CN2C(=O)COc3ccc(-c4nc(C)sc4C)cc32)sc(C)c1C. The molecule has 1 aliphatic heterocycles. The molecule has 3 heterocycles. The van der Waals surface area contributed by atoms with E-state index >= 15 is 0 Å². The smallest absolute Gasteiger partial charge is 0.341 e. The number of aryl methyl sites for hydroxylation is 3. The first-order valence-corrected chi connectivity index (χ1v) is 12.4. The molecule has 8 nitrogen and oxygen atoms in total. The van der Waals surface area contributed by atoms with Gasteiger partial charge in [0, 0.05) is 15.3 Å². The van der Waals surface area contributed by atoms with Crippen LogP contribution in [0.3, 0.4) is 0 Å². The summed E-state index contributed by atoms with van der Waals surface area (Å²) < 4.78 is 10.7. The van der Waals surface area contributed by atoms with Gasteiger partial charge in [0.1, 0.15) is 17.3 Å². The van der Waals surface area contributed by atoms with E-state index in [9.17, 15) is 14.4 Å². The van der Waals surface area contributed by atoms with Gasteiger partial charge in [-0.2, -0.15) is 0 Å². The Hall–Kier alpha value is -3.24. The summed E-state index contributed by atoms with van der Waals surface area (Å²) in [6.07, 6.45) is 0. The van der Waals surface area contributed by atoms with Gasteiger partial charge in [-0.15, -0.1) is 22.7 Å². The number of nitrogens with zero attached hydrogens (tertiary/aromatic N) is 2. The summed E-state index contributed by atoms with van der Waals surface area (Å²) in [4.78, 5) is 46.1. The second-order valence-electron chi connectivity index (χ2n) is 7.84. The van der Waals surface area contributed by atoms with E-state index in [1.54, 1.807) is 24.3 Å². The predicted octanol–water partition coefficient (Wildman–Crippen LogP) is 4.65. The number of carbonyl (C=O) groups excluding carboxylic acids is 3. The number of fused-ring (bicyclic) bond motifs is 1. The van der Waals surface area contributed by atoms with Gasteiger partial charge in [0.2, 0.25) is 5.91 Å². The minimum Gasteiger partial charge on any atom is -0.482 e. The van der Waals surface area contributed by atoms with Crippen molar-refractivity contribution in [1.29, 1.82) is 0 Å². The van der Waals surface area contributed by atoms with Crippen molar-refractivity contribution in [2.45, 2.75) is 34.6 Å². The minimum absolute atomic E-state index is 0.153. The Labute approximate surface area is 205 Å². The van der Waals surface area contributed by atoms with Crippen molar-refractivity contribution in [2.24, 2.45) is 0 Å². The molecule has 0 saturated heterocycles. The number of hydrogen-bond acceptors (Lipinski definition) is 8. The average Bonchev–Trinajstić information content (AvgIpc) is 3.27. The number of esters is 1. The summed E-state index contributed by atoms with van der Waals surface area (Å²) in [5.74, 6) is -0.698. The van der Waals surface area contributed by atoms with Crippen LogP contribution in [0.25, 0.3) is 11.3 Å². The molecular weight excluding hydrogens is 474 g/mol. The van der Waals surface area contributed by atoms with Gasteiger partial charge in [-0.25, -0.2) is 9.78 Å². The lowest BCUT2D eigenvalue weighted by Gasteiger charge is -2.29. The maximum atomic E-state index is 13.0. The highest BCUT2D eigenvalue weighted by atomic mass is 32.1. The van der Waals surface area contributed by atoms with Crippen molar-refractivity contribution >= 4 is 51.1 Å². The number of rotatable bonds is 6. The lowest BCUT2D eigenvalue weighted by Crippen LogP contribution is -2.43. The van der Waals surface area contributed by atoms with E-state index in [4.69, 9.17) is 9.47 Å². The first-order valence-electron chi connectivity index (χ1n) is 10.8. The summed E-state index contributed by atoms with van der Waals surface area (Å²) in [5, 5.41) is 4.17. The standard InChI is InChI=1S/C24H25N3O5S2/c1-6-31-24(30)21-12(2)13(3)34-23(21)26-19(28)10-27-17-9-16(22-14(4)33-15(5)25-22)7-8-18(17)32-11-20(27)29/h7-9H,6,10-11H2,1-5H3,(H,26,28). The molecule has 0 saturated carbocycles. The van der Waals surface area contributed by atoms with Crippen LogP contribution in [0.15, 0.2) is 18.2 Å². The fourth-order valence-electron chi connectivity index (χ4n) is 3.79.